The fourth-order valence-corrected chi connectivity index (χ4v) is 2.47. The van der Waals surface area contributed by atoms with Gasteiger partial charge in [0.15, 0.2) is 0 Å². The average molecular weight is 277 g/mol. The van der Waals surface area contributed by atoms with Crippen molar-refractivity contribution in [3.8, 4) is 5.88 Å². The lowest BCUT2D eigenvalue weighted by atomic mass is 10.0. The van der Waals surface area contributed by atoms with Crippen molar-refractivity contribution in [2.45, 2.75) is 32.2 Å². The molecule has 0 spiro atoms. The van der Waals surface area contributed by atoms with Crippen molar-refractivity contribution in [2.24, 2.45) is 5.92 Å². The van der Waals surface area contributed by atoms with Crippen LogP contribution in [0.3, 0.4) is 0 Å². The number of hydrogen-bond donors (Lipinski definition) is 1. The molecule has 0 radical (unpaired) electrons. The van der Waals surface area contributed by atoms with Crippen molar-refractivity contribution in [1.29, 1.82) is 0 Å². The van der Waals surface area contributed by atoms with E-state index in [0.717, 1.165) is 25.6 Å². The number of rotatable bonds is 4. The highest BCUT2D eigenvalue weighted by Crippen LogP contribution is 2.32. The number of hydrogen-bond acceptors (Lipinski definition) is 5. The van der Waals surface area contributed by atoms with Crippen LogP contribution in [0.25, 0.3) is 0 Å². The van der Waals surface area contributed by atoms with Gasteiger partial charge in [0.1, 0.15) is 5.82 Å². The minimum Gasteiger partial charge on any atom is -0.476 e. The molecule has 1 aromatic rings. The van der Waals surface area contributed by atoms with E-state index in [9.17, 15) is 0 Å². The lowest BCUT2D eigenvalue weighted by Gasteiger charge is -2.43. The van der Waals surface area contributed by atoms with E-state index in [0.29, 0.717) is 24.1 Å². The Balaban J connectivity index is 1.79. The van der Waals surface area contributed by atoms with E-state index >= 15 is 0 Å². The molecule has 2 N–H and O–H groups in total. The first-order chi connectivity index (χ1) is 9.56. The first-order valence-corrected chi connectivity index (χ1v) is 7.31. The van der Waals surface area contributed by atoms with Gasteiger partial charge in [-0.2, -0.15) is 4.98 Å². The fourth-order valence-electron chi connectivity index (χ4n) is 2.47. The van der Waals surface area contributed by atoms with Gasteiger partial charge in [-0.15, -0.1) is 0 Å². The molecule has 20 heavy (non-hydrogen) atoms. The highest BCUT2D eigenvalue weighted by Gasteiger charge is 2.32. The molecule has 3 rings (SSSR count). The Morgan fingerprint density at radius 1 is 1.45 bits per heavy atom. The van der Waals surface area contributed by atoms with Crippen LogP contribution in [0, 0.1) is 5.92 Å². The zero-order valence-corrected chi connectivity index (χ0v) is 12.3. The predicted octanol–water partition coefficient (Wildman–Crippen LogP) is 2.07. The third-order valence-electron chi connectivity index (χ3n) is 3.95. The highest BCUT2D eigenvalue weighted by molar-refractivity contribution is 5.55. The Hall–Kier alpha value is -1.49. The van der Waals surface area contributed by atoms with Crippen LogP contribution in [-0.4, -0.2) is 36.9 Å². The van der Waals surface area contributed by atoms with Crippen LogP contribution in [0.1, 0.15) is 26.7 Å². The van der Waals surface area contributed by atoms with Crippen molar-refractivity contribution in [1.82, 2.24) is 4.98 Å². The van der Waals surface area contributed by atoms with Gasteiger partial charge in [-0.3, -0.25) is 0 Å². The Labute approximate surface area is 120 Å². The van der Waals surface area contributed by atoms with E-state index in [4.69, 9.17) is 15.2 Å². The van der Waals surface area contributed by atoms with Crippen LogP contribution in [0.4, 0.5) is 11.5 Å². The molecule has 0 atom stereocenters. The van der Waals surface area contributed by atoms with Crippen molar-refractivity contribution in [3.05, 3.63) is 12.1 Å². The molecular weight excluding hydrogens is 254 g/mol. The second-order valence-corrected chi connectivity index (χ2v) is 6.33. The van der Waals surface area contributed by atoms with Gasteiger partial charge in [-0.25, -0.2) is 0 Å². The van der Waals surface area contributed by atoms with E-state index in [1.807, 2.05) is 12.1 Å². The number of anilines is 2. The molecule has 5 heteroatoms. The number of nitrogens with zero attached hydrogens (tertiary/aromatic N) is 2. The molecule has 5 nitrogen and oxygen atoms in total. The normalized spacial score (nSPS) is 21.8. The SMILES string of the molecule is CC1(C)COCCN1c1ccc(N)c(OCC2CC2)n1. The molecule has 1 aromatic heterocycles. The molecule has 0 aromatic carbocycles. The van der Waals surface area contributed by atoms with Gasteiger partial charge in [0.25, 0.3) is 0 Å². The zero-order chi connectivity index (χ0) is 14.2. The summed E-state index contributed by atoms with van der Waals surface area (Å²) in [5, 5.41) is 0. The Bertz CT molecular complexity index is 486. The standard InChI is InChI=1S/C15H23N3O2/c1-15(2)10-19-8-7-18(15)13-6-5-12(16)14(17-13)20-9-11-3-4-11/h5-6,11H,3-4,7-10,16H2,1-2H3. The van der Waals surface area contributed by atoms with Gasteiger partial charge in [-0.05, 0) is 44.7 Å². The molecule has 0 bridgehead atoms. The van der Waals surface area contributed by atoms with E-state index in [1.165, 1.54) is 12.8 Å². The molecule has 2 fully saturated rings. The smallest absolute Gasteiger partial charge is 0.239 e. The molecule has 110 valence electrons. The third kappa shape index (κ3) is 2.82. The summed E-state index contributed by atoms with van der Waals surface area (Å²) in [5.41, 5.74) is 6.51. The summed E-state index contributed by atoms with van der Waals surface area (Å²) in [6.45, 7) is 7.33. The van der Waals surface area contributed by atoms with Gasteiger partial charge in [-0.1, -0.05) is 0 Å². The summed E-state index contributed by atoms with van der Waals surface area (Å²) >= 11 is 0. The first kappa shape index (κ1) is 13.5. The number of ether oxygens (including phenoxy) is 2. The minimum atomic E-state index is -0.0604. The fraction of sp³-hybridized carbons (Fsp3) is 0.667. The molecule has 1 aliphatic carbocycles. The maximum absolute atomic E-state index is 5.96. The number of morpholine rings is 1. The Morgan fingerprint density at radius 2 is 2.25 bits per heavy atom. The summed E-state index contributed by atoms with van der Waals surface area (Å²) in [6.07, 6.45) is 2.52. The number of nitrogens with two attached hydrogens (primary N) is 1. The molecule has 0 amide bonds. The molecular formula is C15H23N3O2. The predicted molar refractivity (Wildman–Crippen MR) is 79.1 cm³/mol. The summed E-state index contributed by atoms with van der Waals surface area (Å²) < 4.78 is 11.3. The molecule has 2 aliphatic rings. The summed E-state index contributed by atoms with van der Waals surface area (Å²) in [5.74, 6) is 2.18. The van der Waals surface area contributed by atoms with E-state index < -0.39 is 0 Å². The van der Waals surface area contributed by atoms with Crippen LogP contribution in [-0.2, 0) is 4.74 Å². The summed E-state index contributed by atoms with van der Waals surface area (Å²) in [7, 11) is 0. The van der Waals surface area contributed by atoms with Crippen LogP contribution in [0.2, 0.25) is 0 Å². The second-order valence-electron chi connectivity index (χ2n) is 6.33. The van der Waals surface area contributed by atoms with Gasteiger partial charge < -0.3 is 20.1 Å². The van der Waals surface area contributed by atoms with Crippen LogP contribution >= 0.6 is 0 Å². The highest BCUT2D eigenvalue weighted by atomic mass is 16.5. The van der Waals surface area contributed by atoms with Crippen molar-refractivity contribution in [3.63, 3.8) is 0 Å². The van der Waals surface area contributed by atoms with Crippen LogP contribution in [0.5, 0.6) is 5.88 Å². The Morgan fingerprint density at radius 3 is 2.95 bits per heavy atom. The summed E-state index contributed by atoms with van der Waals surface area (Å²) in [6, 6.07) is 3.85. The van der Waals surface area contributed by atoms with Gasteiger partial charge >= 0.3 is 0 Å². The van der Waals surface area contributed by atoms with Crippen LogP contribution < -0.4 is 15.4 Å². The Kier molecular flexibility index (Phi) is 3.46. The average Bonchev–Trinajstić information content (AvgIpc) is 3.22. The first-order valence-electron chi connectivity index (χ1n) is 7.31. The second kappa shape index (κ2) is 5.13. The quantitative estimate of drug-likeness (QED) is 0.913. The lowest BCUT2D eigenvalue weighted by molar-refractivity contribution is 0.0638. The number of nitrogen functional groups attached to an aromatic ring is 1. The van der Waals surface area contributed by atoms with Crippen molar-refractivity contribution < 1.29 is 9.47 Å². The molecule has 0 unspecified atom stereocenters. The van der Waals surface area contributed by atoms with Crippen molar-refractivity contribution >= 4 is 11.5 Å². The maximum atomic E-state index is 5.96. The van der Waals surface area contributed by atoms with Gasteiger partial charge in [0, 0.05) is 6.54 Å². The largest absolute Gasteiger partial charge is 0.476 e. The van der Waals surface area contributed by atoms with E-state index in [2.05, 4.69) is 23.7 Å². The number of aromatic nitrogens is 1. The van der Waals surface area contributed by atoms with Gasteiger partial charge in [0.2, 0.25) is 5.88 Å². The molecule has 1 saturated heterocycles. The molecule has 2 heterocycles. The third-order valence-corrected chi connectivity index (χ3v) is 3.95. The van der Waals surface area contributed by atoms with E-state index in [1.54, 1.807) is 0 Å². The van der Waals surface area contributed by atoms with E-state index in [-0.39, 0.29) is 5.54 Å². The van der Waals surface area contributed by atoms with Gasteiger partial charge in [0.05, 0.1) is 31.0 Å². The topological polar surface area (TPSA) is 60.6 Å². The molecule has 1 saturated carbocycles. The van der Waals surface area contributed by atoms with Crippen LogP contribution in [0.15, 0.2) is 12.1 Å². The lowest BCUT2D eigenvalue weighted by Crippen LogP contribution is -2.53. The molecule has 1 aliphatic heterocycles. The zero-order valence-electron chi connectivity index (χ0n) is 12.3. The monoisotopic (exact) mass is 277 g/mol. The maximum Gasteiger partial charge on any atom is 0.239 e. The minimum absolute atomic E-state index is 0.0604. The number of pyridine rings is 1. The van der Waals surface area contributed by atoms with Crippen molar-refractivity contribution in [2.75, 3.05) is 37.0 Å². The summed E-state index contributed by atoms with van der Waals surface area (Å²) in [4.78, 5) is 6.88.